The van der Waals surface area contributed by atoms with Crippen molar-refractivity contribution in [3.8, 4) is 5.88 Å². The molecule has 0 fully saturated rings. The number of halogens is 1. The van der Waals surface area contributed by atoms with Crippen LogP contribution in [0.25, 0.3) is 10.9 Å². The van der Waals surface area contributed by atoms with E-state index in [-0.39, 0.29) is 0 Å². The number of hydrogen-bond acceptors (Lipinski definition) is 3. The summed E-state index contributed by atoms with van der Waals surface area (Å²) in [6, 6.07) is 7.73. The molecule has 0 bridgehead atoms. The van der Waals surface area contributed by atoms with Crippen LogP contribution in [0, 0.1) is 0 Å². The third kappa shape index (κ3) is 1.77. The zero-order valence-electron chi connectivity index (χ0n) is 8.33. The number of rotatable bonds is 2. The van der Waals surface area contributed by atoms with Crippen molar-refractivity contribution in [1.29, 1.82) is 0 Å². The molecule has 2 N–H and O–H groups in total. The van der Waals surface area contributed by atoms with Crippen molar-refractivity contribution in [2.24, 2.45) is 0 Å². The van der Waals surface area contributed by atoms with E-state index in [1.54, 1.807) is 0 Å². The Balaban J connectivity index is 2.71. The van der Waals surface area contributed by atoms with Crippen LogP contribution in [0.1, 0.15) is 6.92 Å². The van der Waals surface area contributed by atoms with Gasteiger partial charge in [0.2, 0.25) is 5.88 Å². The molecule has 78 valence electrons. The molecule has 1 heterocycles. The first-order chi connectivity index (χ1) is 7.24. The van der Waals surface area contributed by atoms with Crippen molar-refractivity contribution < 1.29 is 4.74 Å². The quantitative estimate of drug-likeness (QED) is 0.909. The second kappa shape index (κ2) is 4.06. The van der Waals surface area contributed by atoms with Gasteiger partial charge in [0, 0.05) is 5.39 Å². The average Bonchev–Trinajstić information content (AvgIpc) is 2.26. The van der Waals surface area contributed by atoms with Crippen LogP contribution in [0.3, 0.4) is 0 Å². The largest absolute Gasteiger partial charge is 0.477 e. The number of benzene rings is 1. The molecule has 3 nitrogen and oxygen atoms in total. The van der Waals surface area contributed by atoms with E-state index in [1.807, 2.05) is 31.2 Å². The number of anilines is 1. The summed E-state index contributed by atoms with van der Waals surface area (Å²) in [6.45, 7) is 2.49. The molecule has 2 aromatic rings. The van der Waals surface area contributed by atoms with E-state index in [1.165, 1.54) is 0 Å². The highest BCUT2D eigenvalue weighted by molar-refractivity contribution is 9.10. The summed E-state index contributed by atoms with van der Waals surface area (Å²) in [5.74, 6) is 0.550. The number of nitrogens with zero attached hydrogens (tertiary/aromatic N) is 1. The predicted octanol–water partition coefficient (Wildman–Crippen LogP) is 2.98. The Morgan fingerprint density at radius 2 is 2.13 bits per heavy atom. The van der Waals surface area contributed by atoms with Gasteiger partial charge in [0.25, 0.3) is 0 Å². The van der Waals surface area contributed by atoms with Crippen LogP contribution in [0.4, 0.5) is 5.69 Å². The Morgan fingerprint density at radius 1 is 1.40 bits per heavy atom. The molecule has 15 heavy (non-hydrogen) atoms. The van der Waals surface area contributed by atoms with Crippen LogP contribution in [0.15, 0.2) is 28.7 Å². The Labute approximate surface area is 96.4 Å². The molecule has 0 aliphatic heterocycles. The summed E-state index contributed by atoms with van der Waals surface area (Å²) in [5, 5.41) is 0.938. The maximum Gasteiger partial charge on any atom is 0.230 e. The van der Waals surface area contributed by atoms with Gasteiger partial charge >= 0.3 is 0 Å². The highest BCUT2D eigenvalue weighted by Gasteiger charge is 2.10. The summed E-state index contributed by atoms with van der Waals surface area (Å²) >= 11 is 3.39. The average molecular weight is 267 g/mol. The van der Waals surface area contributed by atoms with Gasteiger partial charge in [-0.15, -0.1) is 0 Å². The molecule has 0 aliphatic rings. The Kier molecular flexibility index (Phi) is 2.77. The first kappa shape index (κ1) is 10.2. The van der Waals surface area contributed by atoms with E-state index < -0.39 is 0 Å². The van der Waals surface area contributed by atoms with Crippen molar-refractivity contribution in [3.63, 3.8) is 0 Å². The van der Waals surface area contributed by atoms with E-state index in [0.717, 1.165) is 15.4 Å². The Hall–Kier alpha value is -1.29. The lowest BCUT2D eigenvalue weighted by molar-refractivity contribution is 0.326. The van der Waals surface area contributed by atoms with Gasteiger partial charge in [-0.1, -0.05) is 18.2 Å². The van der Waals surface area contributed by atoms with E-state index >= 15 is 0 Å². The Morgan fingerprint density at radius 3 is 2.87 bits per heavy atom. The smallest absolute Gasteiger partial charge is 0.230 e. The monoisotopic (exact) mass is 266 g/mol. The molecule has 0 radical (unpaired) electrons. The highest BCUT2D eigenvalue weighted by atomic mass is 79.9. The normalized spacial score (nSPS) is 10.5. The van der Waals surface area contributed by atoms with Gasteiger partial charge in [0.1, 0.15) is 4.47 Å². The zero-order chi connectivity index (χ0) is 10.8. The molecule has 0 aliphatic carbocycles. The Bertz CT molecular complexity index is 499. The fourth-order valence-corrected chi connectivity index (χ4v) is 1.84. The molecule has 1 aromatic carbocycles. The minimum absolute atomic E-state index is 0.550. The molecule has 0 amide bonds. The lowest BCUT2D eigenvalue weighted by Gasteiger charge is -2.09. The highest BCUT2D eigenvalue weighted by Crippen LogP contribution is 2.34. The molecule has 0 saturated carbocycles. The third-order valence-corrected chi connectivity index (χ3v) is 2.89. The standard InChI is InChI=1S/C11H11BrN2O/c1-2-15-11-9(12)10(13)7-5-3-4-6-8(7)14-11/h3-6H,2H2,1H3,(H2,13,14). The fraction of sp³-hybridized carbons (Fsp3) is 0.182. The van der Waals surface area contributed by atoms with E-state index in [9.17, 15) is 0 Å². The molecule has 0 spiro atoms. The van der Waals surface area contributed by atoms with Crippen molar-refractivity contribution >= 4 is 32.5 Å². The lowest BCUT2D eigenvalue weighted by atomic mass is 10.2. The number of nitrogens with two attached hydrogens (primary N) is 1. The summed E-state index contributed by atoms with van der Waals surface area (Å²) in [4.78, 5) is 4.38. The van der Waals surface area contributed by atoms with Gasteiger partial charge in [-0.05, 0) is 28.9 Å². The summed E-state index contributed by atoms with van der Waals surface area (Å²) in [5.41, 5.74) is 7.50. The van der Waals surface area contributed by atoms with Gasteiger partial charge in [0.15, 0.2) is 0 Å². The second-order valence-corrected chi connectivity index (χ2v) is 3.89. The third-order valence-electron chi connectivity index (χ3n) is 2.12. The van der Waals surface area contributed by atoms with Crippen molar-refractivity contribution in [2.45, 2.75) is 6.92 Å². The van der Waals surface area contributed by atoms with Gasteiger partial charge in [-0.25, -0.2) is 4.98 Å². The topological polar surface area (TPSA) is 48.1 Å². The van der Waals surface area contributed by atoms with Gasteiger partial charge in [0.05, 0.1) is 17.8 Å². The van der Waals surface area contributed by atoms with Crippen molar-refractivity contribution in [1.82, 2.24) is 4.98 Å². The number of fused-ring (bicyclic) bond motifs is 1. The second-order valence-electron chi connectivity index (χ2n) is 3.09. The number of hydrogen-bond donors (Lipinski definition) is 1. The molecule has 1 aromatic heterocycles. The van der Waals surface area contributed by atoms with Crippen LogP contribution in [-0.2, 0) is 0 Å². The van der Waals surface area contributed by atoms with Crippen molar-refractivity contribution in [3.05, 3.63) is 28.7 Å². The van der Waals surface area contributed by atoms with Gasteiger partial charge < -0.3 is 10.5 Å². The molecular formula is C11H11BrN2O. The van der Waals surface area contributed by atoms with Crippen LogP contribution < -0.4 is 10.5 Å². The summed E-state index contributed by atoms with van der Waals surface area (Å²) < 4.78 is 6.11. The summed E-state index contributed by atoms with van der Waals surface area (Å²) in [7, 11) is 0. The fourth-order valence-electron chi connectivity index (χ4n) is 1.42. The maximum atomic E-state index is 5.98. The minimum atomic E-state index is 0.550. The first-order valence-electron chi connectivity index (χ1n) is 4.70. The predicted molar refractivity (Wildman–Crippen MR) is 65.0 cm³/mol. The van der Waals surface area contributed by atoms with Gasteiger partial charge in [-0.3, -0.25) is 0 Å². The maximum absolute atomic E-state index is 5.98. The van der Waals surface area contributed by atoms with Crippen LogP contribution >= 0.6 is 15.9 Å². The van der Waals surface area contributed by atoms with E-state index in [0.29, 0.717) is 18.2 Å². The molecule has 0 atom stereocenters. The number of nitrogen functional groups attached to an aromatic ring is 1. The molecular weight excluding hydrogens is 256 g/mol. The van der Waals surface area contributed by atoms with Gasteiger partial charge in [-0.2, -0.15) is 0 Å². The van der Waals surface area contributed by atoms with E-state index in [2.05, 4.69) is 20.9 Å². The SMILES string of the molecule is CCOc1nc2ccccc2c(N)c1Br. The summed E-state index contributed by atoms with van der Waals surface area (Å²) in [6.07, 6.45) is 0. The van der Waals surface area contributed by atoms with E-state index in [4.69, 9.17) is 10.5 Å². The zero-order valence-corrected chi connectivity index (χ0v) is 9.91. The number of ether oxygens (including phenoxy) is 1. The molecule has 0 saturated heterocycles. The minimum Gasteiger partial charge on any atom is -0.477 e. The molecule has 0 unspecified atom stereocenters. The van der Waals surface area contributed by atoms with Crippen LogP contribution in [0.2, 0.25) is 0 Å². The van der Waals surface area contributed by atoms with Crippen LogP contribution in [0.5, 0.6) is 5.88 Å². The molecule has 2 rings (SSSR count). The molecule has 4 heteroatoms. The lowest BCUT2D eigenvalue weighted by Crippen LogP contribution is -1.99. The number of pyridine rings is 1. The van der Waals surface area contributed by atoms with Crippen LogP contribution in [-0.4, -0.2) is 11.6 Å². The number of aromatic nitrogens is 1. The van der Waals surface area contributed by atoms with Crippen molar-refractivity contribution in [2.75, 3.05) is 12.3 Å². The number of para-hydroxylation sites is 1. The first-order valence-corrected chi connectivity index (χ1v) is 5.50.